The van der Waals surface area contributed by atoms with Gasteiger partial charge in [-0.3, -0.25) is 4.79 Å². The molecule has 0 bridgehead atoms. The number of ketones is 1. The zero-order chi connectivity index (χ0) is 20.4. The summed E-state index contributed by atoms with van der Waals surface area (Å²) >= 11 is 0. The van der Waals surface area contributed by atoms with Crippen molar-refractivity contribution in [3.8, 4) is 11.5 Å². The maximum absolute atomic E-state index is 15.8. The molecule has 28 heavy (non-hydrogen) atoms. The van der Waals surface area contributed by atoms with Crippen LogP contribution in [0.4, 0.5) is 4.39 Å². The van der Waals surface area contributed by atoms with Crippen molar-refractivity contribution in [2.24, 2.45) is 0 Å². The average molecular weight is 382 g/mol. The molecule has 0 radical (unpaired) electrons. The summed E-state index contributed by atoms with van der Waals surface area (Å²) in [5.74, 6) is -1.35. The van der Waals surface area contributed by atoms with E-state index in [0.29, 0.717) is 11.1 Å². The first-order valence-electron chi connectivity index (χ1n) is 9.00. The highest BCUT2D eigenvalue weighted by atomic mass is 19.1. The second kappa shape index (κ2) is 5.93. The van der Waals surface area contributed by atoms with E-state index in [1.165, 1.54) is 12.1 Å². The minimum Gasteiger partial charge on any atom is -0.504 e. The summed E-state index contributed by atoms with van der Waals surface area (Å²) < 4.78 is 27.4. The monoisotopic (exact) mass is 382 g/mol. The Kier molecular flexibility index (Phi) is 3.96. The van der Waals surface area contributed by atoms with Gasteiger partial charge in [0.1, 0.15) is 5.73 Å². The highest BCUT2D eigenvalue weighted by Gasteiger charge is 2.54. The number of hydrogen-bond acceptors (Lipinski definition) is 5. The van der Waals surface area contributed by atoms with E-state index >= 15 is 4.39 Å². The van der Waals surface area contributed by atoms with Crippen LogP contribution in [0, 0.1) is 0 Å². The Bertz CT molecular complexity index is 1030. The molecule has 1 aliphatic heterocycles. The van der Waals surface area contributed by atoms with Gasteiger partial charge < -0.3 is 19.5 Å². The number of rotatable bonds is 1. The van der Waals surface area contributed by atoms with E-state index in [-0.39, 0.29) is 22.5 Å². The molecule has 2 aromatic carbocycles. The number of aromatic hydroxyl groups is 2. The third-order valence-electron chi connectivity index (χ3n) is 5.79. The van der Waals surface area contributed by atoms with Crippen LogP contribution in [0.5, 0.6) is 11.5 Å². The molecule has 4 rings (SSSR count). The maximum atomic E-state index is 15.8. The van der Waals surface area contributed by atoms with Crippen LogP contribution < -0.4 is 0 Å². The maximum Gasteiger partial charge on any atom is 0.525 e. The van der Waals surface area contributed by atoms with Gasteiger partial charge in [0.2, 0.25) is 0 Å². The van der Waals surface area contributed by atoms with Crippen LogP contribution in [0.3, 0.4) is 0 Å². The van der Waals surface area contributed by atoms with Gasteiger partial charge >= 0.3 is 7.12 Å². The predicted octanol–water partition coefficient (Wildman–Crippen LogP) is 4.00. The van der Waals surface area contributed by atoms with E-state index in [1.54, 1.807) is 52.0 Å². The smallest absolute Gasteiger partial charge is 0.504 e. The largest absolute Gasteiger partial charge is 0.525 e. The Morgan fingerprint density at radius 1 is 0.929 bits per heavy atom. The lowest BCUT2D eigenvalue weighted by Crippen LogP contribution is -2.41. The average Bonchev–Trinajstić information content (AvgIpc) is 2.86. The first-order chi connectivity index (χ1) is 13.0. The standard InChI is InChI=1S/C21H20BFO5/c1-20(2)21(3,4)28-22(27-20)19(23)16-11-7-5-6-8-12(11)17(25)13-9-10-14(24)18(26)15(13)16/h5-10,24,26H,1-4H3. The van der Waals surface area contributed by atoms with Crippen LogP contribution in [-0.2, 0) is 9.31 Å². The van der Waals surface area contributed by atoms with Crippen molar-refractivity contribution in [2.75, 3.05) is 0 Å². The van der Waals surface area contributed by atoms with Gasteiger partial charge in [0, 0.05) is 22.3 Å². The molecule has 0 amide bonds. The van der Waals surface area contributed by atoms with E-state index in [0.717, 1.165) is 0 Å². The Hall–Kier alpha value is -2.64. The Balaban J connectivity index is 2.00. The molecule has 2 aliphatic rings. The summed E-state index contributed by atoms with van der Waals surface area (Å²) in [5, 5.41) is 20.4. The summed E-state index contributed by atoms with van der Waals surface area (Å²) in [6.07, 6.45) is 0. The zero-order valence-corrected chi connectivity index (χ0v) is 16.0. The second-order valence-electron chi connectivity index (χ2n) is 8.04. The number of hydrogen-bond donors (Lipinski definition) is 2. The molecule has 7 heteroatoms. The van der Waals surface area contributed by atoms with Crippen molar-refractivity contribution in [1.29, 1.82) is 0 Å². The van der Waals surface area contributed by atoms with E-state index in [1.807, 2.05) is 0 Å². The van der Waals surface area contributed by atoms with E-state index in [2.05, 4.69) is 0 Å². The molecule has 0 unspecified atom stereocenters. The van der Waals surface area contributed by atoms with Gasteiger partial charge in [0.25, 0.3) is 0 Å². The zero-order valence-electron chi connectivity index (χ0n) is 16.0. The molecule has 1 heterocycles. The van der Waals surface area contributed by atoms with Gasteiger partial charge in [0.15, 0.2) is 17.3 Å². The molecule has 0 aromatic heterocycles. The van der Waals surface area contributed by atoms with Crippen LogP contribution in [0.25, 0.3) is 5.57 Å². The van der Waals surface area contributed by atoms with Crippen LogP contribution in [-0.4, -0.2) is 34.3 Å². The SMILES string of the molecule is CC1(C)OB(C(F)=C2c3ccccc3C(=O)c3ccc(O)c(O)c32)OC1(C)C. The summed E-state index contributed by atoms with van der Waals surface area (Å²) in [6, 6.07) is 9.15. The first-order valence-corrected chi connectivity index (χ1v) is 9.00. The third-order valence-corrected chi connectivity index (χ3v) is 5.79. The van der Waals surface area contributed by atoms with E-state index in [9.17, 15) is 15.0 Å². The van der Waals surface area contributed by atoms with Gasteiger partial charge in [-0.15, -0.1) is 0 Å². The highest BCUT2D eigenvalue weighted by molar-refractivity contribution is 6.56. The van der Waals surface area contributed by atoms with Crippen LogP contribution in [0.15, 0.2) is 42.1 Å². The van der Waals surface area contributed by atoms with Gasteiger partial charge in [-0.25, -0.2) is 4.39 Å². The number of fused-ring (bicyclic) bond motifs is 2. The molecule has 0 saturated carbocycles. The van der Waals surface area contributed by atoms with Crippen molar-refractivity contribution in [3.63, 3.8) is 0 Å². The van der Waals surface area contributed by atoms with Crippen molar-refractivity contribution < 1.29 is 28.7 Å². The van der Waals surface area contributed by atoms with Crippen molar-refractivity contribution in [1.82, 2.24) is 0 Å². The lowest BCUT2D eigenvalue weighted by atomic mass is 9.74. The number of halogens is 1. The number of benzene rings is 2. The molecule has 0 atom stereocenters. The number of carbonyl (C=O) groups excluding carboxylic acids is 1. The topological polar surface area (TPSA) is 76.0 Å². The summed E-state index contributed by atoms with van der Waals surface area (Å²) in [6.45, 7) is 7.22. The van der Waals surface area contributed by atoms with Crippen molar-refractivity contribution in [2.45, 2.75) is 38.9 Å². The molecular formula is C21H20BFO5. The van der Waals surface area contributed by atoms with E-state index in [4.69, 9.17) is 9.31 Å². The normalized spacial score (nSPS) is 21.3. The third kappa shape index (κ3) is 2.50. The fourth-order valence-corrected chi connectivity index (χ4v) is 3.51. The summed E-state index contributed by atoms with van der Waals surface area (Å²) in [7, 11) is -1.31. The Labute approximate surface area is 162 Å². The van der Waals surface area contributed by atoms with Crippen LogP contribution >= 0.6 is 0 Å². The molecule has 0 spiro atoms. The lowest BCUT2D eigenvalue weighted by molar-refractivity contribution is 0.00578. The minimum atomic E-state index is -1.31. The fraction of sp³-hybridized carbons (Fsp3) is 0.286. The molecule has 1 fully saturated rings. The van der Waals surface area contributed by atoms with Crippen LogP contribution in [0.2, 0.25) is 0 Å². The van der Waals surface area contributed by atoms with Gasteiger partial charge in [-0.2, -0.15) is 0 Å². The van der Waals surface area contributed by atoms with Crippen molar-refractivity contribution in [3.05, 3.63) is 64.4 Å². The van der Waals surface area contributed by atoms with Crippen LogP contribution in [0.1, 0.15) is 54.7 Å². The second-order valence-corrected chi connectivity index (χ2v) is 8.04. The molecule has 1 saturated heterocycles. The van der Waals surface area contributed by atoms with Gasteiger partial charge in [-0.05, 0) is 45.4 Å². The molecule has 2 N–H and O–H groups in total. The molecular weight excluding hydrogens is 362 g/mol. The number of phenolic OH excluding ortho intramolecular Hbond substituents is 2. The van der Waals surface area contributed by atoms with Crippen molar-refractivity contribution >= 4 is 18.5 Å². The van der Waals surface area contributed by atoms with Gasteiger partial charge in [-0.1, -0.05) is 24.3 Å². The summed E-state index contributed by atoms with van der Waals surface area (Å²) in [5.41, 5.74) is -1.63. The lowest BCUT2D eigenvalue weighted by Gasteiger charge is -2.32. The minimum absolute atomic E-state index is 0.0166. The Morgan fingerprint density at radius 2 is 1.50 bits per heavy atom. The fourth-order valence-electron chi connectivity index (χ4n) is 3.51. The molecule has 2 aromatic rings. The molecule has 144 valence electrons. The number of phenols is 2. The molecule has 1 aliphatic carbocycles. The predicted molar refractivity (Wildman–Crippen MR) is 103 cm³/mol. The summed E-state index contributed by atoms with van der Waals surface area (Å²) in [4.78, 5) is 12.9. The quantitative estimate of drug-likeness (QED) is 0.492. The highest BCUT2D eigenvalue weighted by Crippen LogP contribution is 2.48. The first kappa shape index (κ1) is 18.7. The number of carbonyl (C=O) groups is 1. The molecule has 5 nitrogen and oxygen atoms in total. The van der Waals surface area contributed by atoms with E-state index < -0.39 is 35.5 Å². The van der Waals surface area contributed by atoms with Gasteiger partial charge in [0.05, 0.1) is 11.2 Å². The Morgan fingerprint density at radius 3 is 2.11 bits per heavy atom.